The second-order valence-electron chi connectivity index (χ2n) is 2.69. The van der Waals surface area contributed by atoms with E-state index in [4.69, 9.17) is 0 Å². The van der Waals surface area contributed by atoms with E-state index < -0.39 is 0 Å². The highest BCUT2D eigenvalue weighted by atomic mass is 16.3. The Morgan fingerprint density at radius 3 is 2.30 bits per heavy atom. The highest BCUT2D eigenvalue weighted by molar-refractivity contribution is 4.63. The van der Waals surface area contributed by atoms with Crippen LogP contribution in [0.2, 0.25) is 0 Å². The summed E-state index contributed by atoms with van der Waals surface area (Å²) in [6, 6.07) is 0.0879. The average molecular weight is 143 g/mol. The Kier molecular flexibility index (Phi) is 6.45. The number of hydrogen-bond donors (Lipinski definition) is 0. The molecule has 10 heavy (non-hydrogen) atoms. The van der Waals surface area contributed by atoms with E-state index in [1.165, 1.54) is 0 Å². The van der Waals surface area contributed by atoms with Crippen molar-refractivity contribution >= 4 is 0 Å². The third-order valence-electron chi connectivity index (χ3n) is 1.66. The fraction of sp³-hybridized carbons (Fsp3) is 1.00. The maximum Gasteiger partial charge on any atom is 0.0919 e. The van der Waals surface area contributed by atoms with Crippen molar-refractivity contribution in [1.29, 1.82) is 0 Å². The molecule has 0 radical (unpaired) electrons. The molecule has 0 aliphatic carbocycles. The van der Waals surface area contributed by atoms with Gasteiger partial charge < -0.3 is 0 Å². The number of nitrogens with zero attached hydrogens (tertiary/aromatic N) is 1. The van der Waals surface area contributed by atoms with E-state index >= 15 is 0 Å². The lowest BCUT2D eigenvalue weighted by Crippen LogP contribution is -2.01. The first-order chi connectivity index (χ1) is 4.85. The predicted molar refractivity (Wildman–Crippen MR) is 44.0 cm³/mol. The van der Waals surface area contributed by atoms with Gasteiger partial charge in [-0.1, -0.05) is 38.3 Å². The van der Waals surface area contributed by atoms with E-state index in [0.717, 1.165) is 32.1 Å². The summed E-state index contributed by atoms with van der Waals surface area (Å²) in [5.41, 5.74) is 0. The van der Waals surface area contributed by atoms with Crippen LogP contribution in [-0.4, -0.2) is 6.04 Å². The number of nitroso groups, excluding NO2 is 1. The van der Waals surface area contributed by atoms with Gasteiger partial charge in [-0.3, -0.25) is 0 Å². The maximum atomic E-state index is 10.2. The van der Waals surface area contributed by atoms with Crippen LogP contribution in [0.4, 0.5) is 0 Å². The van der Waals surface area contributed by atoms with Crippen LogP contribution < -0.4 is 0 Å². The van der Waals surface area contributed by atoms with Gasteiger partial charge in [0.25, 0.3) is 0 Å². The van der Waals surface area contributed by atoms with Crippen LogP contribution in [0.25, 0.3) is 0 Å². The van der Waals surface area contributed by atoms with Gasteiger partial charge in [-0.05, 0) is 12.8 Å². The molecular formula is C8H17NO. The summed E-state index contributed by atoms with van der Waals surface area (Å²) >= 11 is 0. The molecule has 0 rings (SSSR count). The number of rotatable bonds is 6. The molecule has 0 spiro atoms. The first kappa shape index (κ1) is 9.60. The van der Waals surface area contributed by atoms with E-state index in [-0.39, 0.29) is 6.04 Å². The van der Waals surface area contributed by atoms with E-state index in [9.17, 15) is 4.91 Å². The van der Waals surface area contributed by atoms with Crippen molar-refractivity contribution in [2.75, 3.05) is 0 Å². The molecule has 0 aromatic heterocycles. The monoisotopic (exact) mass is 143 g/mol. The standard InChI is InChI=1S/C8H17NO/c1-3-5-7-8(9-10)6-4-2/h8H,3-7H2,1-2H3/t8-/m1/s1. The van der Waals surface area contributed by atoms with Gasteiger partial charge in [0.15, 0.2) is 0 Å². The Bertz CT molecular complexity index is 83.3. The fourth-order valence-corrected chi connectivity index (χ4v) is 1.02. The highest BCUT2D eigenvalue weighted by Crippen LogP contribution is 2.09. The zero-order chi connectivity index (χ0) is 7.82. The van der Waals surface area contributed by atoms with Crippen molar-refractivity contribution in [3.63, 3.8) is 0 Å². The van der Waals surface area contributed by atoms with Gasteiger partial charge >= 0.3 is 0 Å². The molecule has 0 aliphatic rings. The second-order valence-corrected chi connectivity index (χ2v) is 2.69. The molecule has 0 fully saturated rings. The lowest BCUT2D eigenvalue weighted by atomic mass is 10.1. The van der Waals surface area contributed by atoms with E-state index in [1.54, 1.807) is 0 Å². The van der Waals surface area contributed by atoms with Crippen molar-refractivity contribution in [3.8, 4) is 0 Å². The maximum absolute atomic E-state index is 10.2. The second kappa shape index (κ2) is 6.72. The van der Waals surface area contributed by atoms with Gasteiger partial charge in [0.2, 0.25) is 0 Å². The van der Waals surface area contributed by atoms with E-state index in [2.05, 4.69) is 19.0 Å². The van der Waals surface area contributed by atoms with Crippen LogP contribution in [0.3, 0.4) is 0 Å². The molecule has 0 aromatic rings. The molecule has 0 aliphatic heterocycles. The Labute approximate surface area is 63.0 Å². The first-order valence-corrected chi connectivity index (χ1v) is 4.17. The molecule has 0 bridgehead atoms. The minimum atomic E-state index is 0.0879. The summed E-state index contributed by atoms with van der Waals surface area (Å²) in [5, 5.41) is 3.07. The topological polar surface area (TPSA) is 29.4 Å². The van der Waals surface area contributed by atoms with Crippen molar-refractivity contribution < 1.29 is 0 Å². The Hall–Kier alpha value is -0.400. The third-order valence-corrected chi connectivity index (χ3v) is 1.66. The lowest BCUT2D eigenvalue weighted by Gasteiger charge is -2.04. The SMILES string of the molecule is CCCC[C@@H](CCC)N=O. The summed E-state index contributed by atoms with van der Waals surface area (Å²) in [6.45, 7) is 4.22. The lowest BCUT2D eigenvalue weighted by molar-refractivity contribution is 0.534. The van der Waals surface area contributed by atoms with Crippen LogP contribution in [0, 0.1) is 4.91 Å². The van der Waals surface area contributed by atoms with Gasteiger partial charge in [-0.2, -0.15) is 4.91 Å². The molecule has 0 amide bonds. The van der Waals surface area contributed by atoms with Crippen molar-refractivity contribution in [2.24, 2.45) is 5.18 Å². The number of unbranched alkanes of at least 4 members (excludes halogenated alkanes) is 1. The van der Waals surface area contributed by atoms with E-state index in [1.807, 2.05) is 0 Å². The largest absolute Gasteiger partial charge is 0.151 e. The normalized spacial score (nSPS) is 13.0. The minimum Gasteiger partial charge on any atom is -0.151 e. The van der Waals surface area contributed by atoms with Crippen molar-refractivity contribution in [2.45, 2.75) is 52.0 Å². The zero-order valence-electron chi connectivity index (χ0n) is 6.97. The Morgan fingerprint density at radius 2 is 1.90 bits per heavy atom. The minimum absolute atomic E-state index is 0.0879. The first-order valence-electron chi connectivity index (χ1n) is 4.17. The van der Waals surface area contributed by atoms with Crippen LogP contribution in [-0.2, 0) is 0 Å². The van der Waals surface area contributed by atoms with Gasteiger partial charge in [-0.15, -0.1) is 0 Å². The molecule has 0 aromatic carbocycles. The molecule has 1 atom stereocenters. The summed E-state index contributed by atoms with van der Waals surface area (Å²) in [6.07, 6.45) is 5.31. The summed E-state index contributed by atoms with van der Waals surface area (Å²) < 4.78 is 0. The van der Waals surface area contributed by atoms with Gasteiger partial charge in [0.05, 0.1) is 6.04 Å². The zero-order valence-corrected chi connectivity index (χ0v) is 6.97. The van der Waals surface area contributed by atoms with Gasteiger partial charge in [0, 0.05) is 0 Å². The quantitative estimate of drug-likeness (QED) is 0.525. The molecule has 60 valence electrons. The van der Waals surface area contributed by atoms with Gasteiger partial charge in [-0.25, -0.2) is 0 Å². The molecule has 2 nitrogen and oxygen atoms in total. The Balaban J connectivity index is 3.29. The summed E-state index contributed by atoms with van der Waals surface area (Å²) in [7, 11) is 0. The molecule has 0 heterocycles. The van der Waals surface area contributed by atoms with Crippen LogP contribution >= 0.6 is 0 Å². The van der Waals surface area contributed by atoms with E-state index in [0.29, 0.717) is 0 Å². The summed E-state index contributed by atoms with van der Waals surface area (Å²) in [5.74, 6) is 0. The highest BCUT2D eigenvalue weighted by Gasteiger charge is 2.04. The van der Waals surface area contributed by atoms with Crippen LogP contribution in [0.15, 0.2) is 5.18 Å². The van der Waals surface area contributed by atoms with Crippen molar-refractivity contribution in [3.05, 3.63) is 4.91 Å². The molecule has 0 saturated carbocycles. The smallest absolute Gasteiger partial charge is 0.0919 e. The predicted octanol–water partition coefficient (Wildman–Crippen LogP) is 3.11. The molecule has 2 heteroatoms. The molecular weight excluding hydrogens is 126 g/mol. The summed E-state index contributed by atoms with van der Waals surface area (Å²) in [4.78, 5) is 10.2. The fourth-order valence-electron chi connectivity index (χ4n) is 1.02. The van der Waals surface area contributed by atoms with Crippen LogP contribution in [0.1, 0.15) is 46.0 Å². The van der Waals surface area contributed by atoms with Gasteiger partial charge in [0.1, 0.15) is 0 Å². The Morgan fingerprint density at radius 1 is 1.20 bits per heavy atom. The van der Waals surface area contributed by atoms with Crippen molar-refractivity contribution in [1.82, 2.24) is 0 Å². The van der Waals surface area contributed by atoms with Crippen LogP contribution in [0.5, 0.6) is 0 Å². The number of hydrogen-bond acceptors (Lipinski definition) is 2. The molecule has 0 N–H and O–H groups in total. The molecule has 0 saturated heterocycles. The molecule has 0 unspecified atom stereocenters. The average Bonchev–Trinajstić information content (AvgIpc) is 1.98. The third kappa shape index (κ3) is 4.48.